The van der Waals surface area contributed by atoms with E-state index in [1.54, 1.807) is 35.2 Å². The first-order valence-electron chi connectivity index (χ1n) is 19.3. The summed E-state index contributed by atoms with van der Waals surface area (Å²) in [7, 11) is -1.47. The summed E-state index contributed by atoms with van der Waals surface area (Å²) >= 11 is 0. The molecule has 60 heavy (non-hydrogen) atoms. The molecule has 8 rings (SSSR count). The summed E-state index contributed by atoms with van der Waals surface area (Å²) in [5, 5.41) is 12.9. The molecule has 0 amide bonds. The summed E-state index contributed by atoms with van der Waals surface area (Å²) in [5.74, 6) is 0.295. The number of rotatable bonds is 14. The molecule has 1 atom stereocenters. The Morgan fingerprint density at radius 1 is 0.867 bits per heavy atom. The van der Waals surface area contributed by atoms with E-state index in [0.29, 0.717) is 71.2 Å². The largest absolute Gasteiger partial charge is 0.488 e. The molecule has 7 aromatic rings. The fraction of sp³-hybridized carbons (Fsp3) is 0.267. The van der Waals surface area contributed by atoms with Crippen molar-refractivity contribution >= 4 is 38.0 Å². The van der Waals surface area contributed by atoms with Crippen molar-refractivity contribution in [3.8, 4) is 45.5 Å². The van der Waals surface area contributed by atoms with Crippen LogP contribution >= 0.6 is 0 Å². The predicted molar refractivity (Wildman–Crippen MR) is 222 cm³/mol. The zero-order valence-electron chi connectivity index (χ0n) is 33.3. The molecule has 2 aromatic heterocycles. The lowest BCUT2D eigenvalue weighted by Crippen LogP contribution is -2.35. The minimum atomic E-state index is -3.31. The number of hydrogen-bond acceptors (Lipinski definition) is 11. The smallest absolute Gasteiger partial charge is 0.387 e. The van der Waals surface area contributed by atoms with Crippen LogP contribution in [0.3, 0.4) is 0 Å². The zero-order chi connectivity index (χ0) is 42.3. The summed E-state index contributed by atoms with van der Waals surface area (Å²) < 4.78 is 74.5. The van der Waals surface area contributed by atoms with E-state index < -0.39 is 28.5 Å². The van der Waals surface area contributed by atoms with E-state index in [-0.39, 0.29) is 29.4 Å². The topological polar surface area (TPSA) is 157 Å². The van der Waals surface area contributed by atoms with Crippen LogP contribution in [0.15, 0.2) is 98.7 Å². The van der Waals surface area contributed by atoms with Crippen LogP contribution in [0.1, 0.15) is 40.7 Å². The Kier molecular flexibility index (Phi) is 11.2. The number of oxazole rings is 2. The van der Waals surface area contributed by atoms with Crippen molar-refractivity contribution in [2.75, 3.05) is 19.8 Å². The maximum atomic E-state index is 13.5. The number of hydrogen-bond donors (Lipinski definition) is 2. The number of benzene rings is 5. The summed E-state index contributed by atoms with van der Waals surface area (Å²) in [4.78, 5) is 23.5. The van der Waals surface area contributed by atoms with Gasteiger partial charge in [0.25, 0.3) is 0 Å². The van der Waals surface area contributed by atoms with Crippen LogP contribution in [-0.4, -0.2) is 66.9 Å². The van der Waals surface area contributed by atoms with Crippen LogP contribution in [0, 0.1) is 13.8 Å². The molecule has 0 saturated carbocycles. The number of ether oxygens (including phenoxy) is 2. The number of halogens is 2. The standard InChI is InChI=1S/C45H42F2N4O8S/c1-25-31(8-5-10-33(25)42-49-35-18-28(22-48-3)38(20-40(35)57-42)56-24-27-13-15-30(16-14-27)60(4,54)55)32-9-6-11-34(26(32)2)43-50-36-19-29(23-51-17-7-12-37(51)44(52)53)39(59-45(46)47)21-41(36)58-43/h5-6,8-11,13-16,18-21,37,45,48H,7,12,17,22-24H2,1-4H3,(H,52,53)/t37-/m0/s1. The molecule has 1 aliphatic rings. The van der Waals surface area contributed by atoms with Gasteiger partial charge in [-0.3, -0.25) is 9.69 Å². The summed E-state index contributed by atoms with van der Waals surface area (Å²) in [6.45, 7) is 2.25. The molecular formula is C45H42F2N4O8S. The Hall–Kier alpha value is -6.16. The van der Waals surface area contributed by atoms with E-state index in [2.05, 4.69) is 5.32 Å². The molecule has 310 valence electrons. The van der Waals surface area contributed by atoms with Gasteiger partial charge in [-0.2, -0.15) is 8.78 Å². The van der Waals surface area contributed by atoms with E-state index in [1.807, 2.05) is 69.4 Å². The van der Waals surface area contributed by atoms with Crippen LogP contribution in [0.5, 0.6) is 11.5 Å². The molecular weight excluding hydrogens is 795 g/mol. The molecule has 0 aliphatic carbocycles. The number of fused-ring (bicyclic) bond motifs is 2. The van der Waals surface area contributed by atoms with E-state index in [1.165, 1.54) is 12.3 Å². The van der Waals surface area contributed by atoms with Gasteiger partial charge in [0.1, 0.15) is 35.2 Å². The van der Waals surface area contributed by atoms with Crippen LogP contribution in [0.4, 0.5) is 8.78 Å². The number of nitrogens with zero attached hydrogens (tertiary/aromatic N) is 3. The number of sulfone groups is 1. The second kappa shape index (κ2) is 16.5. The Morgan fingerprint density at radius 2 is 1.43 bits per heavy atom. The second-order valence-corrected chi connectivity index (χ2v) is 16.9. The van der Waals surface area contributed by atoms with Crippen molar-refractivity contribution in [3.63, 3.8) is 0 Å². The third-order valence-electron chi connectivity index (χ3n) is 10.9. The monoisotopic (exact) mass is 836 g/mol. The normalized spacial score (nSPS) is 14.8. The van der Waals surface area contributed by atoms with Gasteiger partial charge in [0.05, 0.1) is 4.90 Å². The quantitative estimate of drug-likeness (QED) is 0.107. The highest BCUT2D eigenvalue weighted by Crippen LogP contribution is 2.40. The maximum Gasteiger partial charge on any atom is 0.387 e. The number of carboxylic acids is 1. The van der Waals surface area contributed by atoms with Crippen molar-refractivity contribution in [1.82, 2.24) is 20.2 Å². The van der Waals surface area contributed by atoms with Crippen LogP contribution < -0.4 is 14.8 Å². The first-order valence-corrected chi connectivity index (χ1v) is 21.2. The number of carbonyl (C=O) groups is 1. The highest BCUT2D eigenvalue weighted by molar-refractivity contribution is 7.90. The number of nitrogens with one attached hydrogen (secondary N) is 1. The second-order valence-electron chi connectivity index (χ2n) is 14.9. The molecule has 5 aromatic carbocycles. The molecule has 0 radical (unpaired) electrons. The minimum absolute atomic E-state index is 0.0887. The van der Waals surface area contributed by atoms with Crippen molar-refractivity contribution in [2.24, 2.45) is 0 Å². The van der Waals surface area contributed by atoms with Gasteiger partial charge < -0.3 is 28.7 Å². The summed E-state index contributed by atoms with van der Waals surface area (Å²) in [6.07, 6.45) is 2.34. The Labute approximate surface area is 344 Å². The summed E-state index contributed by atoms with van der Waals surface area (Å²) in [6, 6.07) is 24.4. The number of likely N-dealkylation sites (tertiary alicyclic amines) is 1. The van der Waals surface area contributed by atoms with Crippen LogP contribution in [-0.2, 0) is 34.3 Å². The third-order valence-corrected chi connectivity index (χ3v) is 12.0. The SMILES string of the molecule is CNCc1cc2nc(-c3cccc(-c4cccc(-c5nc6cc(CN7CCC[C@H]7C(=O)O)c(OC(F)F)cc6o5)c4C)c3C)oc2cc1OCc1ccc(S(C)(=O)=O)cc1. The van der Waals surface area contributed by atoms with Gasteiger partial charge in [-0.05, 0) is 104 Å². The van der Waals surface area contributed by atoms with Gasteiger partial charge in [-0.25, -0.2) is 18.4 Å². The predicted octanol–water partition coefficient (Wildman–Crippen LogP) is 8.94. The lowest BCUT2D eigenvalue weighted by atomic mass is 9.91. The van der Waals surface area contributed by atoms with E-state index >= 15 is 0 Å². The number of aromatic nitrogens is 2. The van der Waals surface area contributed by atoms with Gasteiger partial charge in [0.15, 0.2) is 21.0 Å². The molecule has 15 heteroatoms. The average Bonchev–Trinajstić information content (AvgIpc) is 3.96. The first-order chi connectivity index (χ1) is 28.8. The van der Waals surface area contributed by atoms with Gasteiger partial charge in [0, 0.05) is 53.7 Å². The summed E-state index contributed by atoms with van der Waals surface area (Å²) in [5.41, 5.74) is 9.11. The zero-order valence-corrected chi connectivity index (χ0v) is 34.1. The van der Waals surface area contributed by atoms with E-state index in [4.69, 9.17) is 28.3 Å². The van der Waals surface area contributed by atoms with Crippen molar-refractivity contribution < 1.29 is 45.4 Å². The average molecular weight is 837 g/mol. The van der Waals surface area contributed by atoms with Gasteiger partial charge in [-0.15, -0.1) is 0 Å². The Bertz CT molecular complexity index is 2860. The molecule has 1 fully saturated rings. The van der Waals surface area contributed by atoms with Crippen molar-refractivity contribution in [1.29, 1.82) is 0 Å². The van der Waals surface area contributed by atoms with Crippen LogP contribution in [0.2, 0.25) is 0 Å². The first kappa shape index (κ1) is 40.6. The molecule has 12 nitrogen and oxygen atoms in total. The Morgan fingerprint density at radius 3 is 1.98 bits per heavy atom. The van der Waals surface area contributed by atoms with Gasteiger partial charge >= 0.3 is 12.6 Å². The Balaban J connectivity index is 1.09. The lowest BCUT2D eigenvalue weighted by molar-refractivity contribution is -0.142. The lowest BCUT2D eigenvalue weighted by Gasteiger charge is -2.22. The van der Waals surface area contributed by atoms with Crippen molar-refractivity contribution in [3.05, 3.63) is 113 Å². The third kappa shape index (κ3) is 8.20. The number of alkyl halides is 2. The highest BCUT2D eigenvalue weighted by atomic mass is 32.2. The molecule has 0 bridgehead atoms. The molecule has 0 spiro atoms. The van der Waals surface area contributed by atoms with Gasteiger partial charge in [0.2, 0.25) is 11.8 Å². The number of aliphatic carboxylic acids is 1. The fourth-order valence-electron chi connectivity index (χ4n) is 7.85. The van der Waals surface area contributed by atoms with Crippen LogP contribution in [0.25, 0.3) is 56.2 Å². The molecule has 3 heterocycles. The molecule has 2 N–H and O–H groups in total. The number of carboxylic acid groups (broad SMARTS) is 1. The van der Waals surface area contributed by atoms with Crippen molar-refractivity contribution in [2.45, 2.75) is 63.9 Å². The van der Waals surface area contributed by atoms with Gasteiger partial charge in [-0.1, -0.05) is 36.4 Å². The highest BCUT2D eigenvalue weighted by Gasteiger charge is 2.31. The maximum absolute atomic E-state index is 13.5. The van der Waals surface area contributed by atoms with E-state index in [9.17, 15) is 27.1 Å². The minimum Gasteiger partial charge on any atom is -0.488 e. The molecule has 1 saturated heterocycles. The molecule has 0 unspecified atom stereocenters. The fourth-order valence-corrected chi connectivity index (χ4v) is 8.48. The molecule has 1 aliphatic heterocycles. The van der Waals surface area contributed by atoms with E-state index in [0.717, 1.165) is 38.9 Å².